The Balaban J connectivity index is 1.96. The van der Waals surface area contributed by atoms with Gasteiger partial charge in [0.25, 0.3) is 0 Å². The molecule has 88 valence electrons. The summed E-state index contributed by atoms with van der Waals surface area (Å²) in [5, 5.41) is 5.99. The van der Waals surface area contributed by atoms with Crippen LogP contribution in [0.3, 0.4) is 0 Å². The first-order chi connectivity index (χ1) is 7.18. The lowest BCUT2D eigenvalue weighted by Crippen LogP contribution is -2.37. The van der Waals surface area contributed by atoms with Crippen molar-refractivity contribution in [1.29, 1.82) is 0 Å². The van der Waals surface area contributed by atoms with Gasteiger partial charge in [0.2, 0.25) is 5.91 Å². The van der Waals surface area contributed by atoms with Crippen molar-refractivity contribution < 1.29 is 9.53 Å². The van der Waals surface area contributed by atoms with Gasteiger partial charge in [-0.3, -0.25) is 4.79 Å². The molecule has 1 fully saturated rings. The molecule has 0 aromatic carbocycles. The molecular formula is C11H22N2O2. The summed E-state index contributed by atoms with van der Waals surface area (Å²) in [5.74, 6) is 0.728. The third kappa shape index (κ3) is 5.74. The standard InChI is InChI=1S/C11H22N2O2/c1-9(2)13-7-11(14)12-5-3-10-4-6-15-8-10/h9-10,13H,3-8H2,1-2H3,(H,12,14). The molecule has 2 N–H and O–H groups in total. The van der Waals surface area contributed by atoms with Crippen LogP contribution in [0.5, 0.6) is 0 Å². The second-order valence-corrected chi connectivity index (χ2v) is 4.40. The SMILES string of the molecule is CC(C)NCC(=O)NCCC1CCOC1. The fourth-order valence-corrected chi connectivity index (χ4v) is 1.59. The van der Waals surface area contributed by atoms with Gasteiger partial charge in [-0.2, -0.15) is 0 Å². The van der Waals surface area contributed by atoms with Crippen LogP contribution in [0, 0.1) is 5.92 Å². The van der Waals surface area contributed by atoms with E-state index < -0.39 is 0 Å². The predicted octanol–water partition coefficient (Wildman–Crippen LogP) is 0.527. The maximum atomic E-state index is 11.3. The van der Waals surface area contributed by atoms with E-state index in [2.05, 4.69) is 10.6 Å². The number of hydrogen-bond donors (Lipinski definition) is 2. The smallest absolute Gasteiger partial charge is 0.233 e. The molecule has 0 aliphatic carbocycles. The van der Waals surface area contributed by atoms with Gasteiger partial charge in [0.15, 0.2) is 0 Å². The third-order valence-electron chi connectivity index (χ3n) is 2.57. The van der Waals surface area contributed by atoms with E-state index in [-0.39, 0.29) is 5.91 Å². The summed E-state index contributed by atoms with van der Waals surface area (Å²) < 4.78 is 5.27. The molecule has 0 radical (unpaired) electrons. The number of carbonyl (C=O) groups excluding carboxylic acids is 1. The summed E-state index contributed by atoms with van der Waals surface area (Å²) in [6, 6.07) is 0.360. The first-order valence-corrected chi connectivity index (χ1v) is 5.76. The lowest BCUT2D eigenvalue weighted by Gasteiger charge is -2.10. The van der Waals surface area contributed by atoms with Crippen molar-refractivity contribution in [2.24, 2.45) is 5.92 Å². The molecule has 4 heteroatoms. The zero-order chi connectivity index (χ0) is 11.1. The quantitative estimate of drug-likeness (QED) is 0.678. The molecule has 1 atom stereocenters. The van der Waals surface area contributed by atoms with Gasteiger partial charge in [0.1, 0.15) is 0 Å². The second-order valence-electron chi connectivity index (χ2n) is 4.40. The van der Waals surface area contributed by atoms with Gasteiger partial charge in [-0.05, 0) is 18.8 Å². The van der Waals surface area contributed by atoms with Crippen LogP contribution in [0.4, 0.5) is 0 Å². The van der Waals surface area contributed by atoms with Crippen molar-refractivity contribution in [1.82, 2.24) is 10.6 Å². The van der Waals surface area contributed by atoms with Crippen LogP contribution in [0.15, 0.2) is 0 Å². The first kappa shape index (κ1) is 12.5. The van der Waals surface area contributed by atoms with E-state index in [9.17, 15) is 4.79 Å². The highest BCUT2D eigenvalue weighted by molar-refractivity contribution is 5.77. The van der Waals surface area contributed by atoms with Gasteiger partial charge in [0.05, 0.1) is 6.54 Å². The Bertz CT molecular complexity index is 189. The Morgan fingerprint density at radius 1 is 1.53 bits per heavy atom. The molecule has 0 bridgehead atoms. The van der Waals surface area contributed by atoms with Crippen LogP contribution in [0.2, 0.25) is 0 Å². The lowest BCUT2D eigenvalue weighted by atomic mass is 10.1. The van der Waals surface area contributed by atoms with E-state index >= 15 is 0 Å². The molecular weight excluding hydrogens is 192 g/mol. The topological polar surface area (TPSA) is 50.4 Å². The Morgan fingerprint density at radius 2 is 2.33 bits per heavy atom. The predicted molar refractivity (Wildman–Crippen MR) is 59.7 cm³/mol. The molecule has 0 saturated carbocycles. The zero-order valence-electron chi connectivity index (χ0n) is 9.71. The summed E-state index contributed by atoms with van der Waals surface area (Å²) in [6.45, 7) is 6.99. The van der Waals surface area contributed by atoms with Crippen LogP contribution in [0.1, 0.15) is 26.7 Å². The Labute approximate surface area is 91.8 Å². The Kier molecular flexibility index (Phi) is 5.65. The van der Waals surface area contributed by atoms with Gasteiger partial charge in [-0.15, -0.1) is 0 Å². The van der Waals surface area contributed by atoms with E-state index in [4.69, 9.17) is 4.74 Å². The van der Waals surface area contributed by atoms with Crippen LogP contribution >= 0.6 is 0 Å². The molecule has 0 aromatic heterocycles. The molecule has 4 nitrogen and oxygen atoms in total. The normalized spacial score (nSPS) is 20.9. The van der Waals surface area contributed by atoms with Gasteiger partial charge in [0, 0.05) is 25.8 Å². The number of rotatable bonds is 6. The van der Waals surface area contributed by atoms with Crippen LogP contribution in [0.25, 0.3) is 0 Å². The number of ether oxygens (including phenoxy) is 1. The second kappa shape index (κ2) is 6.80. The van der Waals surface area contributed by atoms with Crippen molar-refractivity contribution >= 4 is 5.91 Å². The average Bonchev–Trinajstić information content (AvgIpc) is 2.67. The van der Waals surface area contributed by atoms with Crippen molar-refractivity contribution in [2.75, 3.05) is 26.3 Å². The monoisotopic (exact) mass is 214 g/mol. The molecule has 1 aliphatic rings. The number of nitrogens with one attached hydrogen (secondary N) is 2. The fraction of sp³-hybridized carbons (Fsp3) is 0.909. The highest BCUT2D eigenvalue weighted by atomic mass is 16.5. The summed E-state index contributed by atoms with van der Waals surface area (Å²) in [4.78, 5) is 11.3. The zero-order valence-corrected chi connectivity index (χ0v) is 9.71. The minimum Gasteiger partial charge on any atom is -0.381 e. The first-order valence-electron chi connectivity index (χ1n) is 5.76. The molecule has 0 aromatic rings. The lowest BCUT2D eigenvalue weighted by molar-refractivity contribution is -0.120. The van der Waals surface area contributed by atoms with Gasteiger partial charge < -0.3 is 15.4 Å². The maximum absolute atomic E-state index is 11.3. The summed E-state index contributed by atoms with van der Waals surface area (Å²) >= 11 is 0. The molecule has 1 amide bonds. The average molecular weight is 214 g/mol. The molecule has 1 unspecified atom stereocenters. The van der Waals surface area contributed by atoms with Gasteiger partial charge >= 0.3 is 0 Å². The van der Waals surface area contributed by atoms with Gasteiger partial charge in [-0.25, -0.2) is 0 Å². The van der Waals surface area contributed by atoms with E-state index in [1.807, 2.05) is 13.8 Å². The van der Waals surface area contributed by atoms with Gasteiger partial charge in [-0.1, -0.05) is 13.8 Å². The largest absolute Gasteiger partial charge is 0.381 e. The maximum Gasteiger partial charge on any atom is 0.233 e. The van der Waals surface area contributed by atoms with Crippen LogP contribution in [-0.4, -0.2) is 38.3 Å². The molecule has 15 heavy (non-hydrogen) atoms. The molecule has 0 spiro atoms. The van der Waals surface area contributed by atoms with Crippen molar-refractivity contribution in [3.63, 3.8) is 0 Å². The van der Waals surface area contributed by atoms with Crippen molar-refractivity contribution in [3.05, 3.63) is 0 Å². The molecule has 1 aliphatic heterocycles. The summed E-state index contributed by atoms with van der Waals surface area (Å²) in [5.41, 5.74) is 0. The van der Waals surface area contributed by atoms with E-state index in [1.54, 1.807) is 0 Å². The minimum atomic E-state index is 0.0858. The van der Waals surface area contributed by atoms with Crippen LogP contribution in [-0.2, 0) is 9.53 Å². The van der Waals surface area contributed by atoms with Crippen LogP contribution < -0.4 is 10.6 Å². The Morgan fingerprint density at radius 3 is 2.93 bits per heavy atom. The summed E-state index contributed by atoms with van der Waals surface area (Å²) in [7, 11) is 0. The van der Waals surface area contributed by atoms with Crippen molar-refractivity contribution in [3.8, 4) is 0 Å². The number of amides is 1. The minimum absolute atomic E-state index is 0.0858. The highest BCUT2D eigenvalue weighted by Crippen LogP contribution is 2.14. The van der Waals surface area contributed by atoms with E-state index in [0.29, 0.717) is 18.5 Å². The third-order valence-corrected chi connectivity index (χ3v) is 2.57. The number of hydrogen-bond acceptors (Lipinski definition) is 3. The summed E-state index contributed by atoms with van der Waals surface area (Å²) in [6.07, 6.45) is 2.17. The molecule has 1 rings (SSSR count). The molecule has 1 saturated heterocycles. The van der Waals surface area contributed by atoms with E-state index in [1.165, 1.54) is 0 Å². The fourth-order valence-electron chi connectivity index (χ4n) is 1.59. The number of carbonyl (C=O) groups is 1. The van der Waals surface area contributed by atoms with E-state index in [0.717, 1.165) is 32.6 Å². The Hall–Kier alpha value is -0.610. The molecule has 1 heterocycles. The van der Waals surface area contributed by atoms with Crippen molar-refractivity contribution in [2.45, 2.75) is 32.7 Å². The highest BCUT2D eigenvalue weighted by Gasteiger charge is 2.15.